The topological polar surface area (TPSA) is 63.8 Å². The Morgan fingerprint density at radius 3 is 2.61 bits per heavy atom. The van der Waals surface area contributed by atoms with Crippen LogP contribution in [0.1, 0.15) is 16.9 Å². The summed E-state index contributed by atoms with van der Waals surface area (Å²) in [6.07, 6.45) is 1.41. The Morgan fingerprint density at radius 2 is 1.89 bits per heavy atom. The minimum atomic E-state index is -0.369. The van der Waals surface area contributed by atoms with Gasteiger partial charge < -0.3 is 9.15 Å². The smallest absolute Gasteiger partial charge is 0.277 e. The molecule has 1 N–H and O–H groups in total. The molecule has 3 aromatic rings. The van der Waals surface area contributed by atoms with E-state index in [0.717, 1.165) is 16.7 Å². The van der Waals surface area contributed by atoms with E-state index < -0.39 is 0 Å². The Bertz CT molecular complexity index is 1010. The first-order valence-electron chi connectivity index (χ1n) is 8.50. The maximum Gasteiger partial charge on any atom is 0.277 e. The zero-order valence-electron chi connectivity index (χ0n) is 15.3. The van der Waals surface area contributed by atoms with Crippen molar-refractivity contribution in [2.24, 2.45) is 5.10 Å². The van der Waals surface area contributed by atoms with E-state index in [1.165, 1.54) is 6.21 Å². The van der Waals surface area contributed by atoms with Crippen LogP contribution in [0.4, 0.5) is 0 Å². The molecule has 1 heterocycles. The molecule has 1 aromatic heterocycles. The number of aryl methyl sites for hydroxylation is 2. The van der Waals surface area contributed by atoms with Gasteiger partial charge in [-0.05, 0) is 55.3 Å². The van der Waals surface area contributed by atoms with Crippen molar-refractivity contribution in [1.29, 1.82) is 0 Å². The molecule has 2 aromatic carbocycles. The lowest BCUT2D eigenvalue weighted by Gasteiger charge is -2.10. The number of nitrogens with one attached hydrogen (secondary N) is 1. The summed E-state index contributed by atoms with van der Waals surface area (Å²) in [6.45, 7) is 3.73. The average Bonchev–Trinajstić information content (AvgIpc) is 3.10. The van der Waals surface area contributed by atoms with Crippen LogP contribution in [-0.2, 0) is 4.79 Å². The van der Waals surface area contributed by atoms with Crippen LogP contribution in [0.3, 0.4) is 0 Å². The number of hydrogen-bond acceptors (Lipinski definition) is 4. The van der Waals surface area contributed by atoms with Crippen LogP contribution in [0, 0.1) is 13.8 Å². The molecule has 0 aliphatic heterocycles. The molecule has 7 heteroatoms. The van der Waals surface area contributed by atoms with Crippen LogP contribution >= 0.6 is 23.2 Å². The maximum absolute atomic E-state index is 11.9. The lowest BCUT2D eigenvalue weighted by molar-refractivity contribution is -0.123. The van der Waals surface area contributed by atoms with Gasteiger partial charge in [0.05, 0.1) is 11.2 Å². The molecule has 0 spiro atoms. The monoisotopic (exact) mass is 416 g/mol. The van der Waals surface area contributed by atoms with Crippen molar-refractivity contribution in [3.8, 4) is 17.1 Å². The highest BCUT2D eigenvalue weighted by molar-refractivity contribution is 6.36. The first kappa shape index (κ1) is 20.0. The SMILES string of the molecule is Cc1cccc(C)c1OCC(=O)N/N=C\c1ccc(-c2ccc(Cl)cc2Cl)o1. The van der Waals surface area contributed by atoms with Gasteiger partial charge in [0.1, 0.15) is 17.3 Å². The lowest BCUT2D eigenvalue weighted by atomic mass is 10.1. The van der Waals surface area contributed by atoms with Crippen LogP contribution in [0.25, 0.3) is 11.3 Å². The maximum atomic E-state index is 11.9. The molecular weight excluding hydrogens is 399 g/mol. The number of hydrogen-bond donors (Lipinski definition) is 1. The van der Waals surface area contributed by atoms with Crippen molar-refractivity contribution in [3.05, 3.63) is 75.5 Å². The van der Waals surface area contributed by atoms with Gasteiger partial charge in [0, 0.05) is 10.6 Å². The summed E-state index contributed by atoms with van der Waals surface area (Å²) >= 11 is 12.1. The number of carbonyl (C=O) groups is 1. The molecule has 0 aliphatic carbocycles. The summed E-state index contributed by atoms with van der Waals surface area (Å²) in [5.41, 5.74) is 5.07. The number of benzene rings is 2. The van der Waals surface area contributed by atoms with Gasteiger partial charge in [0.15, 0.2) is 6.61 Å². The Labute approximate surface area is 172 Å². The number of furan rings is 1. The van der Waals surface area contributed by atoms with Crippen molar-refractivity contribution >= 4 is 35.3 Å². The quantitative estimate of drug-likeness (QED) is 0.432. The minimum absolute atomic E-state index is 0.132. The number of ether oxygens (including phenoxy) is 1. The van der Waals surface area contributed by atoms with Crippen molar-refractivity contribution in [3.63, 3.8) is 0 Å². The fourth-order valence-electron chi connectivity index (χ4n) is 2.62. The normalized spacial score (nSPS) is 11.0. The number of rotatable bonds is 6. The average molecular weight is 417 g/mol. The van der Waals surface area contributed by atoms with E-state index >= 15 is 0 Å². The molecule has 0 aliphatic rings. The van der Waals surface area contributed by atoms with E-state index in [1.54, 1.807) is 30.3 Å². The fraction of sp³-hybridized carbons (Fsp3) is 0.143. The fourth-order valence-corrected chi connectivity index (χ4v) is 3.12. The van der Waals surface area contributed by atoms with E-state index in [0.29, 0.717) is 27.3 Å². The van der Waals surface area contributed by atoms with Crippen LogP contribution in [0.5, 0.6) is 5.75 Å². The Morgan fingerprint density at radius 1 is 1.14 bits per heavy atom. The van der Waals surface area contributed by atoms with Gasteiger partial charge in [-0.15, -0.1) is 0 Å². The summed E-state index contributed by atoms with van der Waals surface area (Å²) < 4.78 is 11.3. The van der Waals surface area contributed by atoms with Gasteiger partial charge in [-0.1, -0.05) is 41.4 Å². The van der Waals surface area contributed by atoms with Gasteiger partial charge >= 0.3 is 0 Å². The molecule has 5 nitrogen and oxygen atoms in total. The largest absolute Gasteiger partial charge is 0.483 e. The van der Waals surface area contributed by atoms with E-state index in [4.69, 9.17) is 32.4 Å². The van der Waals surface area contributed by atoms with Crippen molar-refractivity contribution in [2.75, 3.05) is 6.61 Å². The van der Waals surface area contributed by atoms with Crippen molar-refractivity contribution in [1.82, 2.24) is 5.43 Å². The molecule has 144 valence electrons. The summed E-state index contributed by atoms with van der Waals surface area (Å²) in [5.74, 6) is 1.38. The van der Waals surface area contributed by atoms with Crippen LogP contribution in [-0.4, -0.2) is 18.7 Å². The minimum Gasteiger partial charge on any atom is -0.483 e. The summed E-state index contributed by atoms with van der Waals surface area (Å²) in [6, 6.07) is 14.4. The van der Waals surface area contributed by atoms with E-state index in [9.17, 15) is 4.79 Å². The third kappa shape index (κ3) is 4.94. The molecule has 1 amide bonds. The van der Waals surface area contributed by atoms with E-state index in [1.807, 2.05) is 32.0 Å². The highest BCUT2D eigenvalue weighted by Gasteiger charge is 2.09. The first-order valence-corrected chi connectivity index (χ1v) is 9.26. The molecule has 0 saturated carbocycles. The molecular formula is C21H18Cl2N2O3. The number of carbonyl (C=O) groups excluding carboxylic acids is 1. The Kier molecular flexibility index (Phi) is 6.39. The van der Waals surface area contributed by atoms with Gasteiger partial charge in [0.25, 0.3) is 5.91 Å². The first-order chi connectivity index (χ1) is 13.4. The number of para-hydroxylation sites is 1. The molecule has 0 unspecified atom stereocenters. The number of halogens is 2. The van der Waals surface area contributed by atoms with Crippen LogP contribution < -0.4 is 10.2 Å². The Balaban J connectivity index is 1.56. The molecule has 0 bridgehead atoms. The number of amides is 1. The molecule has 0 atom stereocenters. The zero-order valence-corrected chi connectivity index (χ0v) is 16.8. The predicted octanol–water partition coefficient (Wildman–Crippen LogP) is 5.40. The predicted molar refractivity (Wildman–Crippen MR) is 111 cm³/mol. The molecule has 28 heavy (non-hydrogen) atoms. The van der Waals surface area contributed by atoms with Crippen molar-refractivity contribution in [2.45, 2.75) is 13.8 Å². The third-order valence-electron chi connectivity index (χ3n) is 3.96. The van der Waals surface area contributed by atoms with Crippen LogP contribution in [0.15, 0.2) is 58.0 Å². The molecule has 0 radical (unpaired) electrons. The zero-order chi connectivity index (χ0) is 20.1. The number of nitrogens with zero attached hydrogens (tertiary/aromatic N) is 1. The third-order valence-corrected chi connectivity index (χ3v) is 4.51. The summed E-state index contributed by atoms with van der Waals surface area (Å²) in [5, 5.41) is 4.93. The number of hydrazone groups is 1. The van der Waals surface area contributed by atoms with Gasteiger partial charge in [0.2, 0.25) is 0 Å². The second kappa shape index (κ2) is 8.95. The van der Waals surface area contributed by atoms with E-state index in [2.05, 4.69) is 10.5 Å². The van der Waals surface area contributed by atoms with Gasteiger partial charge in [-0.25, -0.2) is 5.43 Å². The van der Waals surface area contributed by atoms with Crippen LogP contribution in [0.2, 0.25) is 10.0 Å². The molecule has 0 saturated heterocycles. The van der Waals surface area contributed by atoms with E-state index in [-0.39, 0.29) is 12.5 Å². The standard InChI is InChI=1S/C21H18Cl2N2O3/c1-13-4-3-5-14(2)21(13)27-12-20(26)25-24-11-16-7-9-19(28-16)17-8-6-15(22)10-18(17)23/h3-11H,12H2,1-2H3,(H,25,26)/b24-11-. The van der Waals surface area contributed by atoms with Crippen molar-refractivity contribution < 1.29 is 13.9 Å². The highest BCUT2D eigenvalue weighted by atomic mass is 35.5. The second-order valence-corrected chi connectivity index (χ2v) is 6.97. The lowest BCUT2D eigenvalue weighted by Crippen LogP contribution is -2.24. The highest BCUT2D eigenvalue weighted by Crippen LogP contribution is 2.31. The molecule has 3 rings (SSSR count). The van der Waals surface area contributed by atoms with Gasteiger partial charge in [-0.3, -0.25) is 4.79 Å². The summed E-state index contributed by atoms with van der Waals surface area (Å²) in [4.78, 5) is 11.9. The second-order valence-electron chi connectivity index (χ2n) is 6.13. The van der Waals surface area contributed by atoms with Gasteiger partial charge in [-0.2, -0.15) is 5.10 Å². The molecule has 0 fully saturated rings. The summed E-state index contributed by atoms with van der Waals surface area (Å²) in [7, 11) is 0. The Hall–Kier alpha value is -2.76.